The van der Waals surface area contributed by atoms with Gasteiger partial charge in [-0.3, -0.25) is 4.79 Å². The normalized spacial score (nSPS) is 13.2. The summed E-state index contributed by atoms with van der Waals surface area (Å²) in [7, 11) is 0. The number of hydrogen-bond acceptors (Lipinski definition) is 4. The first-order chi connectivity index (χ1) is 12.1. The maximum absolute atomic E-state index is 11.4. The Bertz CT molecular complexity index is 618. The Morgan fingerprint density at radius 2 is 1.40 bits per heavy atom. The summed E-state index contributed by atoms with van der Waals surface area (Å²) >= 11 is 0. The highest BCUT2D eigenvalue weighted by Crippen LogP contribution is 2.05. The maximum atomic E-state index is 11.4. The van der Waals surface area contributed by atoms with E-state index in [0.717, 1.165) is 11.1 Å². The van der Waals surface area contributed by atoms with Crippen molar-refractivity contribution in [3.63, 3.8) is 0 Å². The second-order valence-electron chi connectivity index (χ2n) is 5.88. The quantitative estimate of drug-likeness (QED) is 0.694. The minimum absolute atomic E-state index is 0.120. The van der Waals surface area contributed by atoms with Gasteiger partial charge in [0.25, 0.3) is 0 Å². The molecule has 0 saturated carbocycles. The number of hydrogen-bond donors (Lipinski definition) is 2. The zero-order valence-electron chi connectivity index (χ0n) is 14.4. The summed E-state index contributed by atoms with van der Waals surface area (Å²) in [5.41, 5.74) is 2.07. The van der Waals surface area contributed by atoms with E-state index in [2.05, 4.69) is 5.32 Å². The van der Waals surface area contributed by atoms with E-state index < -0.39 is 12.1 Å². The molecule has 1 amide bonds. The number of carbonyl (C=O) groups excluding carboxylic acids is 1. The van der Waals surface area contributed by atoms with E-state index in [1.807, 2.05) is 60.7 Å². The number of amides is 1. The third kappa shape index (κ3) is 7.47. The molecule has 0 bridgehead atoms. The van der Waals surface area contributed by atoms with E-state index in [4.69, 9.17) is 9.47 Å². The van der Waals surface area contributed by atoms with Crippen LogP contribution in [0.2, 0.25) is 0 Å². The fraction of sp³-hybridized carbons (Fsp3) is 0.350. The molecule has 2 aromatic carbocycles. The van der Waals surface area contributed by atoms with Crippen molar-refractivity contribution < 1.29 is 19.4 Å². The van der Waals surface area contributed by atoms with Crippen LogP contribution in [-0.2, 0) is 27.5 Å². The van der Waals surface area contributed by atoms with Crippen LogP contribution in [0.4, 0.5) is 0 Å². The van der Waals surface area contributed by atoms with E-state index in [1.165, 1.54) is 6.92 Å². The highest BCUT2D eigenvalue weighted by Gasteiger charge is 2.20. The molecule has 25 heavy (non-hydrogen) atoms. The van der Waals surface area contributed by atoms with Gasteiger partial charge in [0.2, 0.25) is 5.91 Å². The lowest BCUT2D eigenvalue weighted by atomic mass is 10.1. The van der Waals surface area contributed by atoms with Crippen LogP contribution in [0.3, 0.4) is 0 Å². The minimum atomic E-state index is -0.844. The lowest BCUT2D eigenvalue weighted by Gasteiger charge is -2.23. The monoisotopic (exact) mass is 343 g/mol. The van der Waals surface area contributed by atoms with Crippen LogP contribution in [-0.4, -0.2) is 36.4 Å². The number of rotatable bonds is 10. The van der Waals surface area contributed by atoms with Crippen molar-refractivity contribution in [1.82, 2.24) is 5.32 Å². The molecule has 0 unspecified atom stereocenters. The molecule has 5 nitrogen and oxygen atoms in total. The molecule has 2 rings (SSSR count). The van der Waals surface area contributed by atoms with E-state index in [0.29, 0.717) is 13.2 Å². The van der Waals surface area contributed by atoms with Crippen molar-refractivity contribution in [2.75, 3.05) is 13.2 Å². The van der Waals surface area contributed by atoms with E-state index in [-0.39, 0.29) is 19.1 Å². The van der Waals surface area contributed by atoms with Gasteiger partial charge in [0, 0.05) is 6.92 Å². The summed E-state index contributed by atoms with van der Waals surface area (Å²) in [5.74, 6) is -0.213. The van der Waals surface area contributed by atoms with E-state index in [9.17, 15) is 9.90 Å². The van der Waals surface area contributed by atoms with Crippen molar-refractivity contribution in [2.24, 2.45) is 0 Å². The van der Waals surface area contributed by atoms with Crippen LogP contribution in [0.5, 0.6) is 0 Å². The van der Waals surface area contributed by atoms with Crippen molar-refractivity contribution in [3.8, 4) is 0 Å². The van der Waals surface area contributed by atoms with Gasteiger partial charge >= 0.3 is 0 Å². The van der Waals surface area contributed by atoms with Crippen molar-refractivity contribution in [2.45, 2.75) is 32.3 Å². The van der Waals surface area contributed by atoms with Gasteiger partial charge < -0.3 is 19.9 Å². The SMILES string of the molecule is CC(=O)N[C@H](COCc1ccccc1)[C@H](O)COCc1ccccc1. The van der Waals surface area contributed by atoms with Crippen molar-refractivity contribution in [3.05, 3.63) is 71.8 Å². The molecule has 0 aromatic heterocycles. The molecule has 0 spiro atoms. The molecule has 0 aliphatic heterocycles. The molecule has 2 aromatic rings. The predicted molar refractivity (Wildman–Crippen MR) is 95.8 cm³/mol. The van der Waals surface area contributed by atoms with Crippen molar-refractivity contribution >= 4 is 5.91 Å². The third-order valence-electron chi connectivity index (χ3n) is 3.66. The number of aliphatic hydroxyl groups is 1. The Balaban J connectivity index is 1.77. The molecular formula is C20H25NO4. The summed E-state index contributed by atoms with van der Waals surface area (Å²) in [5, 5.41) is 13.0. The highest BCUT2D eigenvalue weighted by atomic mass is 16.5. The molecular weight excluding hydrogens is 318 g/mol. The number of benzene rings is 2. The first kappa shape index (κ1) is 19.1. The molecule has 0 aliphatic rings. The lowest BCUT2D eigenvalue weighted by Crippen LogP contribution is -2.47. The summed E-state index contributed by atoms with van der Waals surface area (Å²) in [6, 6.07) is 19.0. The summed E-state index contributed by atoms with van der Waals surface area (Å²) in [6.45, 7) is 2.59. The van der Waals surface area contributed by atoms with E-state index in [1.54, 1.807) is 0 Å². The second-order valence-corrected chi connectivity index (χ2v) is 5.88. The van der Waals surface area contributed by atoms with E-state index >= 15 is 0 Å². The number of carbonyl (C=O) groups is 1. The van der Waals surface area contributed by atoms with Gasteiger partial charge in [-0.05, 0) is 11.1 Å². The largest absolute Gasteiger partial charge is 0.388 e. The Morgan fingerprint density at radius 1 is 0.920 bits per heavy atom. The van der Waals surface area contributed by atoms with Crippen LogP contribution in [0, 0.1) is 0 Å². The third-order valence-corrected chi connectivity index (χ3v) is 3.66. The van der Waals surface area contributed by atoms with Gasteiger partial charge in [-0.25, -0.2) is 0 Å². The smallest absolute Gasteiger partial charge is 0.217 e. The Morgan fingerprint density at radius 3 is 1.88 bits per heavy atom. The number of ether oxygens (including phenoxy) is 2. The molecule has 0 fully saturated rings. The first-order valence-electron chi connectivity index (χ1n) is 8.33. The Kier molecular flexibility index (Phi) is 8.12. The fourth-order valence-electron chi connectivity index (χ4n) is 2.38. The molecule has 0 aliphatic carbocycles. The average Bonchev–Trinajstić information content (AvgIpc) is 2.62. The zero-order chi connectivity index (χ0) is 17.9. The second kappa shape index (κ2) is 10.6. The summed E-state index contributed by atoms with van der Waals surface area (Å²) < 4.78 is 11.2. The molecule has 5 heteroatoms. The lowest BCUT2D eigenvalue weighted by molar-refractivity contribution is -0.122. The van der Waals surface area contributed by atoms with Gasteiger partial charge in [0.1, 0.15) is 0 Å². The van der Waals surface area contributed by atoms with Crippen LogP contribution >= 0.6 is 0 Å². The van der Waals surface area contributed by atoms with Crippen molar-refractivity contribution in [1.29, 1.82) is 0 Å². The topological polar surface area (TPSA) is 67.8 Å². The first-order valence-corrected chi connectivity index (χ1v) is 8.33. The molecule has 0 radical (unpaired) electrons. The van der Waals surface area contributed by atoms with Crippen LogP contribution in [0.25, 0.3) is 0 Å². The van der Waals surface area contributed by atoms with Gasteiger partial charge in [-0.2, -0.15) is 0 Å². The fourth-order valence-corrected chi connectivity index (χ4v) is 2.38. The average molecular weight is 343 g/mol. The predicted octanol–water partition coefficient (Wildman–Crippen LogP) is 2.29. The van der Waals surface area contributed by atoms with Gasteiger partial charge in [-0.15, -0.1) is 0 Å². The summed E-state index contributed by atoms with van der Waals surface area (Å²) in [6.07, 6.45) is -0.844. The number of aliphatic hydroxyl groups excluding tert-OH is 1. The number of nitrogens with one attached hydrogen (secondary N) is 1. The van der Waals surface area contributed by atoms with Gasteiger partial charge in [-0.1, -0.05) is 60.7 Å². The maximum Gasteiger partial charge on any atom is 0.217 e. The standard InChI is InChI=1S/C20H25NO4/c1-16(22)21-19(14-24-12-17-8-4-2-5-9-17)20(23)15-25-13-18-10-6-3-7-11-18/h2-11,19-20,23H,12-15H2,1H3,(H,21,22)/t19-,20-/m1/s1. The van der Waals surface area contributed by atoms with Crippen LogP contribution in [0.1, 0.15) is 18.1 Å². The van der Waals surface area contributed by atoms with Gasteiger partial charge in [0.05, 0.1) is 38.6 Å². The highest BCUT2D eigenvalue weighted by molar-refractivity contribution is 5.73. The Hall–Kier alpha value is -2.21. The minimum Gasteiger partial charge on any atom is -0.388 e. The molecule has 2 atom stereocenters. The molecule has 0 heterocycles. The summed E-state index contributed by atoms with van der Waals surface area (Å²) in [4.78, 5) is 11.4. The molecule has 134 valence electrons. The zero-order valence-corrected chi connectivity index (χ0v) is 14.4. The Labute approximate surface area is 148 Å². The van der Waals surface area contributed by atoms with Gasteiger partial charge in [0.15, 0.2) is 0 Å². The van der Waals surface area contributed by atoms with Crippen LogP contribution < -0.4 is 5.32 Å². The molecule has 2 N–H and O–H groups in total. The molecule has 0 saturated heterocycles. The van der Waals surface area contributed by atoms with Crippen LogP contribution in [0.15, 0.2) is 60.7 Å².